The maximum atomic E-state index is 13.2. The topological polar surface area (TPSA) is 20.2 Å². The number of aliphatic hydroxyl groups excluding tert-OH is 1. The lowest BCUT2D eigenvalue weighted by Gasteiger charge is -2.07. The molecule has 1 nitrogen and oxygen atoms in total. The molecule has 3 heteroatoms. The Balaban J connectivity index is 2.50. The molecule has 1 aromatic carbocycles. The van der Waals surface area contributed by atoms with Crippen LogP contribution >= 0.6 is 0 Å². The SMILES string of the molecule is OCc1cc(F)cc(F)c1C1CC1. The molecule has 0 atom stereocenters. The van der Waals surface area contributed by atoms with Crippen molar-refractivity contribution in [3.8, 4) is 0 Å². The van der Waals surface area contributed by atoms with Crippen molar-refractivity contribution in [1.29, 1.82) is 0 Å². The first-order valence-corrected chi connectivity index (χ1v) is 4.31. The van der Waals surface area contributed by atoms with E-state index in [1.807, 2.05) is 0 Å². The summed E-state index contributed by atoms with van der Waals surface area (Å²) in [4.78, 5) is 0. The van der Waals surface area contributed by atoms with Crippen molar-refractivity contribution >= 4 is 0 Å². The fourth-order valence-corrected chi connectivity index (χ4v) is 1.60. The molecule has 1 aromatic rings. The fraction of sp³-hybridized carbons (Fsp3) is 0.400. The molecule has 1 N–H and O–H groups in total. The Kier molecular flexibility index (Phi) is 2.04. The average Bonchev–Trinajstić information content (AvgIpc) is 2.86. The molecule has 70 valence electrons. The lowest BCUT2D eigenvalue weighted by atomic mass is 10.0. The normalized spacial score (nSPS) is 16.2. The molecule has 0 bridgehead atoms. The fourth-order valence-electron chi connectivity index (χ4n) is 1.60. The molecule has 1 aliphatic carbocycles. The Labute approximate surface area is 75.0 Å². The zero-order valence-electron chi connectivity index (χ0n) is 7.06. The van der Waals surface area contributed by atoms with Crippen molar-refractivity contribution in [2.75, 3.05) is 0 Å². The van der Waals surface area contributed by atoms with Gasteiger partial charge in [0.1, 0.15) is 11.6 Å². The van der Waals surface area contributed by atoms with Crippen molar-refractivity contribution in [2.24, 2.45) is 0 Å². The van der Waals surface area contributed by atoms with Crippen molar-refractivity contribution in [2.45, 2.75) is 25.4 Å². The number of hydrogen-bond donors (Lipinski definition) is 1. The minimum absolute atomic E-state index is 0.197. The molecule has 0 aromatic heterocycles. The Morgan fingerprint density at radius 1 is 1.31 bits per heavy atom. The third-order valence-electron chi connectivity index (χ3n) is 2.34. The van der Waals surface area contributed by atoms with Gasteiger partial charge in [0.2, 0.25) is 0 Å². The largest absolute Gasteiger partial charge is 0.392 e. The smallest absolute Gasteiger partial charge is 0.129 e. The highest BCUT2D eigenvalue weighted by Crippen LogP contribution is 2.43. The summed E-state index contributed by atoms with van der Waals surface area (Å²) in [5.74, 6) is -0.944. The predicted octanol–water partition coefficient (Wildman–Crippen LogP) is 2.33. The number of rotatable bonds is 2. The van der Waals surface area contributed by atoms with E-state index in [2.05, 4.69) is 0 Å². The minimum atomic E-state index is -0.619. The molecule has 2 rings (SSSR count). The van der Waals surface area contributed by atoms with Gasteiger partial charge in [-0.15, -0.1) is 0 Å². The van der Waals surface area contributed by atoms with Crippen molar-refractivity contribution < 1.29 is 13.9 Å². The van der Waals surface area contributed by atoms with Gasteiger partial charge in [0.25, 0.3) is 0 Å². The van der Waals surface area contributed by atoms with Crippen LogP contribution in [-0.2, 0) is 6.61 Å². The summed E-state index contributed by atoms with van der Waals surface area (Å²) in [5.41, 5.74) is 0.893. The van der Waals surface area contributed by atoms with Crippen molar-refractivity contribution in [3.05, 3.63) is 34.9 Å². The Morgan fingerprint density at radius 3 is 2.54 bits per heavy atom. The summed E-state index contributed by atoms with van der Waals surface area (Å²) in [6.45, 7) is -0.291. The molecule has 0 aliphatic heterocycles. The van der Waals surface area contributed by atoms with Gasteiger partial charge in [-0.25, -0.2) is 8.78 Å². The van der Waals surface area contributed by atoms with Crippen LogP contribution in [0.15, 0.2) is 12.1 Å². The van der Waals surface area contributed by atoms with Gasteiger partial charge in [0.15, 0.2) is 0 Å². The van der Waals surface area contributed by atoms with E-state index in [1.54, 1.807) is 0 Å². The molecule has 1 fully saturated rings. The molecule has 1 saturated carbocycles. The monoisotopic (exact) mass is 184 g/mol. The first-order valence-electron chi connectivity index (χ1n) is 4.31. The second-order valence-electron chi connectivity index (χ2n) is 3.39. The maximum absolute atomic E-state index is 13.2. The molecule has 0 radical (unpaired) electrons. The lowest BCUT2D eigenvalue weighted by molar-refractivity contribution is 0.279. The number of halogens is 2. The van der Waals surface area contributed by atoms with Crippen LogP contribution in [0.25, 0.3) is 0 Å². The lowest BCUT2D eigenvalue weighted by Crippen LogP contribution is -1.98. The zero-order valence-corrected chi connectivity index (χ0v) is 7.06. The Bertz CT molecular complexity index is 332. The molecule has 0 amide bonds. The van der Waals surface area contributed by atoms with Gasteiger partial charge in [0, 0.05) is 6.07 Å². The van der Waals surface area contributed by atoms with E-state index in [4.69, 9.17) is 5.11 Å². The van der Waals surface area contributed by atoms with Gasteiger partial charge in [-0.05, 0) is 36.0 Å². The summed E-state index contributed by atoms with van der Waals surface area (Å²) in [6, 6.07) is 2.09. The molecule has 0 saturated heterocycles. The highest BCUT2D eigenvalue weighted by molar-refractivity contribution is 5.34. The third kappa shape index (κ3) is 1.56. The number of hydrogen-bond acceptors (Lipinski definition) is 1. The van der Waals surface area contributed by atoms with Gasteiger partial charge >= 0.3 is 0 Å². The van der Waals surface area contributed by atoms with Crippen LogP contribution in [-0.4, -0.2) is 5.11 Å². The third-order valence-corrected chi connectivity index (χ3v) is 2.34. The Hall–Kier alpha value is -0.960. The van der Waals surface area contributed by atoms with Crippen LogP contribution in [0.5, 0.6) is 0 Å². The molecule has 0 spiro atoms. The van der Waals surface area contributed by atoms with Gasteiger partial charge in [0.05, 0.1) is 6.61 Å². The highest BCUT2D eigenvalue weighted by Gasteiger charge is 2.29. The molecular formula is C10H10F2O. The minimum Gasteiger partial charge on any atom is -0.392 e. The quantitative estimate of drug-likeness (QED) is 0.747. The van der Waals surface area contributed by atoms with E-state index in [0.717, 1.165) is 18.9 Å². The molecule has 1 aliphatic rings. The van der Waals surface area contributed by atoms with E-state index >= 15 is 0 Å². The maximum Gasteiger partial charge on any atom is 0.129 e. The van der Waals surface area contributed by atoms with Crippen LogP contribution in [0.2, 0.25) is 0 Å². The number of benzene rings is 1. The summed E-state index contributed by atoms with van der Waals surface area (Å²) in [6.07, 6.45) is 1.88. The van der Waals surface area contributed by atoms with Crippen LogP contribution in [0, 0.1) is 11.6 Å². The summed E-state index contributed by atoms with van der Waals surface area (Å²) in [7, 11) is 0. The molecule has 0 unspecified atom stereocenters. The van der Waals surface area contributed by atoms with Crippen LogP contribution in [0.1, 0.15) is 29.9 Å². The summed E-state index contributed by atoms with van der Waals surface area (Å²) in [5, 5.41) is 8.91. The number of aliphatic hydroxyl groups is 1. The second-order valence-corrected chi connectivity index (χ2v) is 3.39. The van der Waals surface area contributed by atoms with Crippen molar-refractivity contribution in [3.63, 3.8) is 0 Å². The Morgan fingerprint density at radius 2 is 2.00 bits per heavy atom. The van der Waals surface area contributed by atoms with Gasteiger partial charge in [-0.2, -0.15) is 0 Å². The average molecular weight is 184 g/mol. The second kappa shape index (κ2) is 3.07. The predicted molar refractivity (Wildman–Crippen MR) is 44.3 cm³/mol. The van der Waals surface area contributed by atoms with Crippen LogP contribution in [0.4, 0.5) is 8.78 Å². The van der Waals surface area contributed by atoms with Gasteiger partial charge < -0.3 is 5.11 Å². The van der Waals surface area contributed by atoms with Crippen LogP contribution < -0.4 is 0 Å². The zero-order chi connectivity index (χ0) is 9.42. The molecular weight excluding hydrogens is 174 g/mol. The van der Waals surface area contributed by atoms with Crippen LogP contribution in [0.3, 0.4) is 0 Å². The summed E-state index contributed by atoms with van der Waals surface area (Å²) < 4.78 is 26.0. The highest BCUT2D eigenvalue weighted by atomic mass is 19.1. The standard InChI is InChI=1S/C10H10F2O/c11-8-3-7(5-13)10(6-1-2-6)9(12)4-8/h3-4,6,13H,1-2,5H2. The molecule has 13 heavy (non-hydrogen) atoms. The first kappa shape index (κ1) is 8.63. The van der Waals surface area contributed by atoms with E-state index in [1.165, 1.54) is 6.07 Å². The van der Waals surface area contributed by atoms with Gasteiger partial charge in [-0.1, -0.05) is 0 Å². The van der Waals surface area contributed by atoms with Gasteiger partial charge in [-0.3, -0.25) is 0 Å². The van der Waals surface area contributed by atoms with E-state index in [9.17, 15) is 8.78 Å². The van der Waals surface area contributed by atoms with Crippen molar-refractivity contribution in [1.82, 2.24) is 0 Å². The van der Waals surface area contributed by atoms with E-state index in [0.29, 0.717) is 11.1 Å². The molecule has 0 heterocycles. The summed E-state index contributed by atoms with van der Waals surface area (Å²) >= 11 is 0. The first-order chi connectivity index (χ1) is 6.22. The van der Waals surface area contributed by atoms with E-state index in [-0.39, 0.29) is 12.5 Å². The van der Waals surface area contributed by atoms with E-state index < -0.39 is 11.6 Å².